The van der Waals surface area contributed by atoms with E-state index in [0.29, 0.717) is 11.1 Å². The van der Waals surface area contributed by atoms with Gasteiger partial charge in [-0.2, -0.15) is 4.39 Å². The highest BCUT2D eigenvalue weighted by atomic mass is 32.2. The first-order chi connectivity index (χ1) is 16.7. The van der Waals surface area contributed by atoms with E-state index in [9.17, 15) is 14.3 Å². The maximum atomic E-state index is 15.0. The van der Waals surface area contributed by atoms with Crippen LogP contribution >= 0.6 is 11.9 Å². The minimum Gasteiger partial charge on any atom is -0.481 e. The maximum Gasteiger partial charge on any atom is 0.307 e. The third-order valence-electron chi connectivity index (χ3n) is 5.87. The van der Waals surface area contributed by atoms with Gasteiger partial charge in [0.25, 0.3) is 0 Å². The lowest BCUT2D eigenvalue weighted by molar-refractivity contribution is -0.136. The van der Waals surface area contributed by atoms with Crippen LogP contribution in [0, 0.1) is 32.5 Å². The fourth-order valence-electron chi connectivity index (χ4n) is 4.44. The SMILES string of the molecule is CC(C)(C)O.CSN1Cc2c(F)ncc(F)c2-c2c(C)c(-c3ccc(C)cc3)c(CC(=O)O)c(C)c21. The van der Waals surface area contributed by atoms with Crippen LogP contribution in [-0.2, 0) is 17.8 Å². The van der Waals surface area contributed by atoms with Gasteiger partial charge < -0.3 is 14.5 Å². The summed E-state index contributed by atoms with van der Waals surface area (Å²) in [6, 6.07) is 7.80. The first kappa shape index (κ1) is 27.6. The Labute approximate surface area is 215 Å². The predicted octanol–water partition coefficient (Wildman–Crippen LogP) is 6.62. The molecule has 1 aliphatic rings. The van der Waals surface area contributed by atoms with Crippen molar-refractivity contribution < 1.29 is 23.8 Å². The van der Waals surface area contributed by atoms with Crippen LogP contribution in [0.15, 0.2) is 30.5 Å². The van der Waals surface area contributed by atoms with Gasteiger partial charge in [0.05, 0.1) is 30.5 Å². The van der Waals surface area contributed by atoms with E-state index in [4.69, 9.17) is 5.11 Å². The molecule has 0 radical (unpaired) electrons. The Balaban J connectivity index is 0.000000658. The fourth-order valence-corrected chi connectivity index (χ4v) is 5.11. The predicted molar refractivity (Wildman–Crippen MR) is 142 cm³/mol. The van der Waals surface area contributed by atoms with Crippen molar-refractivity contribution in [1.82, 2.24) is 4.98 Å². The van der Waals surface area contributed by atoms with Gasteiger partial charge in [-0.15, -0.1) is 0 Å². The number of halogens is 2. The van der Waals surface area contributed by atoms with Crippen molar-refractivity contribution in [2.75, 3.05) is 10.6 Å². The number of hydrogen-bond donors (Lipinski definition) is 2. The molecule has 0 spiro atoms. The van der Waals surface area contributed by atoms with Crippen LogP contribution < -0.4 is 4.31 Å². The van der Waals surface area contributed by atoms with E-state index < -0.39 is 23.3 Å². The van der Waals surface area contributed by atoms with Crippen molar-refractivity contribution >= 4 is 23.6 Å². The van der Waals surface area contributed by atoms with Crippen LogP contribution in [0.3, 0.4) is 0 Å². The normalized spacial score (nSPS) is 12.4. The number of pyridine rings is 1. The van der Waals surface area contributed by atoms with Gasteiger partial charge in [-0.25, -0.2) is 9.37 Å². The molecular formula is C28H32F2N2O3S. The number of fused-ring (bicyclic) bond motifs is 3. The number of aliphatic carboxylic acids is 1. The van der Waals surface area contributed by atoms with E-state index in [0.717, 1.165) is 39.7 Å². The minimum atomic E-state index is -0.941. The van der Waals surface area contributed by atoms with Gasteiger partial charge in [-0.1, -0.05) is 41.8 Å². The summed E-state index contributed by atoms with van der Waals surface area (Å²) in [5.74, 6) is -2.21. The summed E-state index contributed by atoms with van der Waals surface area (Å²) >= 11 is 1.39. The zero-order valence-corrected chi connectivity index (χ0v) is 22.5. The second-order valence-corrected chi connectivity index (χ2v) is 10.7. The molecule has 0 atom stereocenters. The molecule has 2 aromatic carbocycles. The molecule has 5 nitrogen and oxygen atoms in total. The number of carboxylic acids is 1. The lowest BCUT2D eigenvalue weighted by Crippen LogP contribution is -2.24. The summed E-state index contributed by atoms with van der Waals surface area (Å²) in [5, 5.41) is 18.1. The van der Waals surface area contributed by atoms with Gasteiger partial charge >= 0.3 is 5.97 Å². The fraction of sp³-hybridized carbons (Fsp3) is 0.357. The minimum absolute atomic E-state index is 0.150. The molecule has 36 heavy (non-hydrogen) atoms. The van der Waals surface area contributed by atoms with Crippen LogP contribution in [0.2, 0.25) is 0 Å². The molecule has 8 heteroatoms. The Morgan fingerprint density at radius 1 is 1.06 bits per heavy atom. The summed E-state index contributed by atoms with van der Waals surface area (Å²) in [6.07, 6.45) is 2.61. The van der Waals surface area contributed by atoms with Crippen molar-refractivity contribution in [3.8, 4) is 22.3 Å². The van der Waals surface area contributed by atoms with E-state index in [2.05, 4.69) is 4.98 Å². The summed E-state index contributed by atoms with van der Waals surface area (Å²) in [6.45, 7) is 11.1. The Hall–Kier alpha value is -2.97. The number of nitrogens with zero attached hydrogens (tertiary/aromatic N) is 2. The highest BCUT2D eigenvalue weighted by Crippen LogP contribution is 2.51. The third-order valence-corrected chi connectivity index (χ3v) is 6.62. The standard InChI is InChI=1S/C24H22F2N2O2S.C4H10O/c1-12-5-7-15(8-6-12)20-14(3)21-22-17(24(26)27-10-18(22)25)11-28(31-4)23(21)13(2)16(20)9-19(29)30;1-4(2,3)5/h5-8,10H,9,11H2,1-4H3,(H,29,30);5H,1-3H3. The van der Waals surface area contributed by atoms with E-state index in [1.807, 2.05) is 55.6 Å². The number of hydrogen-bond acceptors (Lipinski definition) is 5. The molecule has 0 fully saturated rings. The van der Waals surface area contributed by atoms with E-state index in [-0.39, 0.29) is 24.1 Å². The van der Waals surface area contributed by atoms with Crippen LogP contribution in [0.5, 0.6) is 0 Å². The smallest absolute Gasteiger partial charge is 0.307 e. The third kappa shape index (κ3) is 5.71. The molecule has 1 aliphatic heterocycles. The summed E-state index contributed by atoms with van der Waals surface area (Å²) < 4.78 is 31.5. The first-order valence-electron chi connectivity index (χ1n) is 11.6. The van der Waals surface area contributed by atoms with Crippen molar-refractivity contribution in [3.63, 3.8) is 0 Å². The topological polar surface area (TPSA) is 73.7 Å². The molecule has 1 aromatic heterocycles. The van der Waals surface area contributed by atoms with Gasteiger partial charge in [-0.05, 0) is 69.4 Å². The summed E-state index contributed by atoms with van der Waals surface area (Å²) in [4.78, 5) is 15.3. The van der Waals surface area contributed by atoms with Crippen molar-refractivity contribution in [1.29, 1.82) is 0 Å². The Morgan fingerprint density at radius 3 is 2.17 bits per heavy atom. The average molecular weight is 515 g/mol. The molecule has 0 unspecified atom stereocenters. The highest BCUT2D eigenvalue weighted by Gasteiger charge is 2.33. The van der Waals surface area contributed by atoms with Gasteiger partial charge in [0.15, 0.2) is 0 Å². The van der Waals surface area contributed by atoms with Crippen LogP contribution in [0.4, 0.5) is 14.5 Å². The number of aromatic nitrogens is 1. The van der Waals surface area contributed by atoms with Crippen LogP contribution in [0.1, 0.15) is 48.6 Å². The van der Waals surface area contributed by atoms with Gasteiger partial charge in [0.2, 0.25) is 5.95 Å². The Bertz CT molecular complexity index is 1300. The highest BCUT2D eigenvalue weighted by molar-refractivity contribution is 7.99. The molecule has 0 saturated carbocycles. The van der Waals surface area contributed by atoms with E-state index in [1.54, 1.807) is 20.8 Å². The second-order valence-electron chi connectivity index (χ2n) is 9.90. The molecule has 0 aliphatic carbocycles. The van der Waals surface area contributed by atoms with Gasteiger partial charge in [-0.3, -0.25) is 4.79 Å². The number of rotatable bonds is 4. The lowest BCUT2D eigenvalue weighted by atomic mass is 9.81. The van der Waals surface area contributed by atoms with E-state index >= 15 is 4.39 Å². The zero-order chi connectivity index (χ0) is 26.9. The number of carbonyl (C=O) groups is 1. The van der Waals surface area contributed by atoms with Crippen LogP contribution in [-0.4, -0.2) is 33.0 Å². The molecule has 4 rings (SSSR count). The number of anilines is 1. The molecule has 2 heterocycles. The monoisotopic (exact) mass is 514 g/mol. The molecule has 0 bridgehead atoms. The number of carboxylic acid groups (broad SMARTS) is 1. The van der Waals surface area contributed by atoms with Gasteiger partial charge in [0.1, 0.15) is 5.82 Å². The number of aliphatic hydroxyl groups is 1. The van der Waals surface area contributed by atoms with Crippen molar-refractivity contribution in [2.45, 2.75) is 60.1 Å². The Kier molecular flexibility index (Phi) is 8.10. The average Bonchev–Trinajstić information content (AvgIpc) is 2.78. The molecular weight excluding hydrogens is 482 g/mol. The summed E-state index contributed by atoms with van der Waals surface area (Å²) in [5.41, 5.74) is 6.10. The summed E-state index contributed by atoms with van der Waals surface area (Å²) in [7, 11) is 0. The zero-order valence-electron chi connectivity index (χ0n) is 21.7. The van der Waals surface area contributed by atoms with Crippen molar-refractivity contribution in [2.24, 2.45) is 0 Å². The molecule has 2 N–H and O–H groups in total. The molecule has 192 valence electrons. The first-order valence-corrected chi connectivity index (χ1v) is 12.7. The molecule has 0 saturated heterocycles. The molecule has 0 amide bonds. The maximum absolute atomic E-state index is 15.0. The van der Waals surface area contributed by atoms with E-state index in [1.165, 1.54) is 11.9 Å². The second kappa shape index (κ2) is 10.6. The number of benzene rings is 2. The molecule has 3 aromatic rings. The quantitative estimate of drug-likeness (QED) is 0.301. The lowest BCUT2D eigenvalue weighted by Gasteiger charge is -2.35. The van der Waals surface area contributed by atoms with Gasteiger partial charge in [0, 0.05) is 22.9 Å². The largest absolute Gasteiger partial charge is 0.481 e. The number of aryl methyl sites for hydroxylation is 1. The van der Waals surface area contributed by atoms with Crippen molar-refractivity contribution in [3.05, 3.63) is 70.0 Å². The Morgan fingerprint density at radius 2 is 1.64 bits per heavy atom. The van der Waals surface area contributed by atoms with Crippen LogP contribution in [0.25, 0.3) is 22.3 Å².